The van der Waals surface area contributed by atoms with Gasteiger partial charge >= 0.3 is 0 Å². The van der Waals surface area contributed by atoms with Crippen molar-refractivity contribution in [2.75, 3.05) is 0 Å². The molecule has 0 aromatic carbocycles. The number of hydrogen-bond acceptors (Lipinski definition) is 2. The normalized spacial score (nSPS) is 12.0. The van der Waals surface area contributed by atoms with Crippen LogP contribution in [0, 0.1) is 0 Å². The molecular formula is C13H28O2. The van der Waals surface area contributed by atoms with Crippen LogP contribution in [-0.2, 0) is 9.47 Å². The third-order valence-corrected chi connectivity index (χ3v) is 2.14. The highest BCUT2D eigenvalue weighted by atomic mass is 16.7. The van der Waals surface area contributed by atoms with Gasteiger partial charge in [-0.25, -0.2) is 0 Å². The van der Waals surface area contributed by atoms with Crippen LogP contribution in [0.5, 0.6) is 0 Å². The van der Waals surface area contributed by atoms with Gasteiger partial charge in [-0.1, -0.05) is 26.2 Å². The molecule has 0 N–H and O–H groups in total. The lowest BCUT2D eigenvalue weighted by Gasteiger charge is -2.22. The fourth-order valence-corrected chi connectivity index (χ4v) is 1.51. The Morgan fingerprint density at radius 2 is 1.33 bits per heavy atom. The van der Waals surface area contributed by atoms with Gasteiger partial charge in [0.1, 0.15) is 0 Å². The summed E-state index contributed by atoms with van der Waals surface area (Å²) in [5.74, 6) is 0. The summed E-state index contributed by atoms with van der Waals surface area (Å²) < 4.78 is 11.4. The van der Waals surface area contributed by atoms with Gasteiger partial charge in [-0.05, 0) is 40.5 Å². The Hall–Kier alpha value is -0.0800. The predicted molar refractivity (Wildman–Crippen MR) is 65.0 cm³/mol. The first-order valence-corrected chi connectivity index (χ1v) is 6.37. The quantitative estimate of drug-likeness (QED) is 0.426. The molecule has 92 valence electrons. The van der Waals surface area contributed by atoms with Crippen LogP contribution in [0.3, 0.4) is 0 Å². The van der Waals surface area contributed by atoms with Gasteiger partial charge in [0, 0.05) is 0 Å². The van der Waals surface area contributed by atoms with Gasteiger partial charge in [0.25, 0.3) is 0 Å². The Morgan fingerprint density at radius 1 is 0.800 bits per heavy atom. The average Bonchev–Trinajstić information content (AvgIpc) is 2.10. The SMILES string of the molecule is CCCCCCC(OC(C)C)OC(C)C. The number of rotatable bonds is 9. The molecule has 2 nitrogen and oxygen atoms in total. The second-order valence-electron chi connectivity index (χ2n) is 4.65. The maximum absolute atomic E-state index is 5.72. The summed E-state index contributed by atoms with van der Waals surface area (Å²) in [6.07, 6.45) is 6.60. The highest BCUT2D eigenvalue weighted by Gasteiger charge is 2.12. The van der Waals surface area contributed by atoms with E-state index in [1.807, 2.05) is 0 Å². The maximum Gasteiger partial charge on any atom is 0.158 e. The third kappa shape index (κ3) is 10.2. The Balaban J connectivity index is 3.69. The highest BCUT2D eigenvalue weighted by molar-refractivity contribution is 4.52. The predicted octanol–water partition coefficient (Wildman–Crippen LogP) is 4.13. The van der Waals surface area contributed by atoms with Crippen molar-refractivity contribution >= 4 is 0 Å². The van der Waals surface area contributed by atoms with Crippen LogP contribution in [0.1, 0.15) is 66.7 Å². The van der Waals surface area contributed by atoms with Crippen molar-refractivity contribution in [3.63, 3.8) is 0 Å². The van der Waals surface area contributed by atoms with Crippen LogP contribution in [0.15, 0.2) is 0 Å². The molecule has 15 heavy (non-hydrogen) atoms. The van der Waals surface area contributed by atoms with Crippen molar-refractivity contribution in [2.45, 2.75) is 85.2 Å². The molecule has 0 spiro atoms. The zero-order chi connectivity index (χ0) is 11.7. The molecule has 0 aliphatic rings. The van der Waals surface area contributed by atoms with Gasteiger partial charge in [0.05, 0.1) is 12.2 Å². The van der Waals surface area contributed by atoms with Crippen molar-refractivity contribution in [1.82, 2.24) is 0 Å². The average molecular weight is 216 g/mol. The first-order valence-electron chi connectivity index (χ1n) is 6.37. The second kappa shape index (κ2) is 9.17. The third-order valence-electron chi connectivity index (χ3n) is 2.14. The maximum atomic E-state index is 5.72. The number of unbranched alkanes of at least 4 members (excludes halogenated alkanes) is 3. The Morgan fingerprint density at radius 3 is 1.73 bits per heavy atom. The first-order chi connectivity index (χ1) is 7.06. The molecule has 0 fully saturated rings. The molecule has 0 heterocycles. The molecule has 0 saturated heterocycles. The van der Waals surface area contributed by atoms with Crippen molar-refractivity contribution in [3.05, 3.63) is 0 Å². The molecular weight excluding hydrogens is 188 g/mol. The van der Waals surface area contributed by atoms with Gasteiger partial charge < -0.3 is 9.47 Å². The summed E-state index contributed by atoms with van der Waals surface area (Å²) in [6, 6.07) is 0. The molecule has 0 atom stereocenters. The van der Waals surface area contributed by atoms with E-state index in [0.717, 1.165) is 6.42 Å². The molecule has 0 unspecified atom stereocenters. The van der Waals surface area contributed by atoms with Gasteiger partial charge in [-0.15, -0.1) is 0 Å². The summed E-state index contributed by atoms with van der Waals surface area (Å²) in [7, 11) is 0. The van der Waals surface area contributed by atoms with Gasteiger partial charge in [0.2, 0.25) is 0 Å². The topological polar surface area (TPSA) is 18.5 Å². The molecule has 0 bridgehead atoms. The summed E-state index contributed by atoms with van der Waals surface area (Å²) in [4.78, 5) is 0. The van der Waals surface area contributed by atoms with Gasteiger partial charge in [-0.2, -0.15) is 0 Å². The lowest BCUT2D eigenvalue weighted by atomic mass is 10.1. The lowest BCUT2D eigenvalue weighted by Crippen LogP contribution is -2.24. The minimum absolute atomic E-state index is 0.0122. The zero-order valence-corrected chi connectivity index (χ0v) is 11.1. The van der Waals surface area contributed by atoms with Gasteiger partial charge in [0.15, 0.2) is 6.29 Å². The summed E-state index contributed by atoms with van der Waals surface area (Å²) >= 11 is 0. The minimum Gasteiger partial charge on any atom is -0.350 e. The van der Waals surface area contributed by atoms with Crippen LogP contribution >= 0.6 is 0 Å². The Labute approximate surface area is 95.3 Å². The second-order valence-corrected chi connectivity index (χ2v) is 4.65. The molecule has 0 aromatic heterocycles. The van der Waals surface area contributed by atoms with Crippen LogP contribution in [-0.4, -0.2) is 18.5 Å². The van der Waals surface area contributed by atoms with Crippen LogP contribution in [0.4, 0.5) is 0 Å². The fraction of sp³-hybridized carbons (Fsp3) is 1.00. The van der Waals surface area contributed by atoms with E-state index in [4.69, 9.17) is 9.47 Å². The Bertz CT molecular complexity index is 122. The standard InChI is InChI=1S/C13H28O2/c1-6-7-8-9-10-13(14-11(2)3)15-12(4)5/h11-13H,6-10H2,1-5H3. The molecule has 0 aliphatic heterocycles. The van der Waals surface area contributed by atoms with E-state index in [1.165, 1.54) is 25.7 Å². The van der Waals surface area contributed by atoms with Crippen molar-refractivity contribution in [3.8, 4) is 0 Å². The molecule has 0 saturated carbocycles. The molecule has 0 rings (SSSR count). The van der Waals surface area contributed by atoms with E-state index < -0.39 is 0 Å². The highest BCUT2D eigenvalue weighted by Crippen LogP contribution is 2.13. The smallest absolute Gasteiger partial charge is 0.158 e. The molecule has 0 radical (unpaired) electrons. The molecule has 0 aliphatic carbocycles. The van der Waals surface area contributed by atoms with E-state index in [-0.39, 0.29) is 18.5 Å². The monoisotopic (exact) mass is 216 g/mol. The number of ether oxygens (including phenoxy) is 2. The fourth-order valence-electron chi connectivity index (χ4n) is 1.51. The van der Waals surface area contributed by atoms with Crippen LogP contribution in [0.25, 0.3) is 0 Å². The molecule has 0 aromatic rings. The lowest BCUT2D eigenvalue weighted by molar-refractivity contribution is -0.184. The van der Waals surface area contributed by atoms with E-state index in [9.17, 15) is 0 Å². The largest absolute Gasteiger partial charge is 0.350 e. The van der Waals surface area contributed by atoms with E-state index >= 15 is 0 Å². The van der Waals surface area contributed by atoms with Crippen LogP contribution < -0.4 is 0 Å². The van der Waals surface area contributed by atoms with E-state index in [2.05, 4.69) is 34.6 Å². The Kier molecular flexibility index (Phi) is 9.12. The number of hydrogen-bond donors (Lipinski definition) is 0. The zero-order valence-electron chi connectivity index (χ0n) is 11.1. The van der Waals surface area contributed by atoms with Gasteiger partial charge in [-0.3, -0.25) is 0 Å². The first kappa shape index (κ1) is 14.9. The van der Waals surface area contributed by atoms with E-state index in [0.29, 0.717) is 0 Å². The molecule has 0 amide bonds. The summed E-state index contributed by atoms with van der Waals surface area (Å²) in [5, 5.41) is 0. The molecule has 2 heteroatoms. The van der Waals surface area contributed by atoms with Crippen molar-refractivity contribution < 1.29 is 9.47 Å². The summed E-state index contributed by atoms with van der Waals surface area (Å²) in [5.41, 5.74) is 0. The van der Waals surface area contributed by atoms with Crippen LogP contribution in [0.2, 0.25) is 0 Å². The van der Waals surface area contributed by atoms with Crippen molar-refractivity contribution in [1.29, 1.82) is 0 Å². The van der Waals surface area contributed by atoms with Crippen molar-refractivity contribution in [2.24, 2.45) is 0 Å². The minimum atomic E-state index is -0.0122. The van der Waals surface area contributed by atoms with E-state index in [1.54, 1.807) is 0 Å². The summed E-state index contributed by atoms with van der Waals surface area (Å²) in [6.45, 7) is 10.5.